The van der Waals surface area contributed by atoms with Crippen molar-refractivity contribution in [3.05, 3.63) is 11.8 Å². The van der Waals surface area contributed by atoms with E-state index in [-0.39, 0.29) is 30.1 Å². The van der Waals surface area contributed by atoms with Crippen LogP contribution in [0.1, 0.15) is 44.8 Å². The van der Waals surface area contributed by atoms with Gasteiger partial charge in [0.05, 0.1) is 24.4 Å². The zero-order valence-electron chi connectivity index (χ0n) is 18.1. The summed E-state index contributed by atoms with van der Waals surface area (Å²) in [5.41, 5.74) is 0.746. The zero-order chi connectivity index (χ0) is 21.4. The first kappa shape index (κ1) is 21.5. The number of alkyl halides is 2. The highest BCUT2D eigenvalue weighted by molar-refractivity contribution is 5.78. The number of aromatic nitrogens is 2. The van der Waals surface area contributed by atoms with Gasteiger partial charge in [-0.3, -0.25) is 9.69 Å². The first-order chi connectivity index (χ1) is 14.3. The molecule has 0 saturated carbocycles. The highest BCUT2D eigenvalue weighted by Gasteiger charge is 2.38. The number of hydrogen-bond acceptors (Lipinski definition) is 5. The normalized spacial score (nSPS) is 30.9. The number of hydrogen-bond donors (Lipinski definition) is 1. The quantitative estimate of drug-likeness (QED) is 0.803. The second-order valence-corrected chi connectivity index (χ2v) is 9.17. The van der Waals surface area contributed by atoms with Crippen molar-refractivity contribution in [1.82, 2.24) is 19.6 Å². The van der Waals surface area contributed by atoms with E-state index < -0.39 is 12.5 Å². The third-order valence-corrected chi connectivity index (χ3v) is 6.61. The maximum Gasteiger partial charge on any atom is 0.260 e. The van der Waals surface area contributed by atoms with E-state index in [1.165, 1.54) is 4.68 Å². The molecule has 7 nitrogen and oxygen atoms in total. The number of amides is 1. The SMILES string of the molecule is Cc1cc2n(n1)[C@@H](C(F)F)C[C@@H](C1CCN(C(=O)CN3CC(C)OC(C)C3)CC1)N2. The van der Waals surface area contributed by atoms with Gasteiger partial charge in [-0.1, -0.05) is 0 Å². The van der Waals surface area contributed by atoms with E-state index in [1.807, 2.05) is 31.7 Å². The van der Waals surface area contributed by atoms with Crippen molar-refractivity contribution in [3.8, 4) is 0 Å². The number of rotatable bonds is 4. The highest BCUT2D eigenvalue weighted by Crippen LogP contribution is 2.36. The molecule has 9 heteroatoms. The Morgan fingerprint density at radius 2 is 1.93 bits per heavy atom. The number of ether oxygens (including phenoxy) is 1. The minimum Gasteiger partial charge on any atom is -0.373 e. The first-order valence-electron chi connectivity index (χ1n) is 11.1. The van der Waals surface area contributed by atoms with Gasteiger partial charge in [0, 0.05) is 38.3 Å². The molecule has 4 rings (SSSR count). The van der Waals surface area contributed by atoms with Gasteiger partial charge in [0.15, 0.2) is 0 Å². The van der Waals surface area contributed by atoms with Crippen molar-refractivity contribution in [3.63, 3.8) is 0 Å². The minimum absolute atomic E-state index is 0.00852. The Kier molecular flexibility index (Phi) is 6.29. The predicted molar refractivity (Wildman–Crippen MR) is 110 cm³/mol. The summed E-state index contributed by atoms with van der Waals surface area (Å²) in [5.74, 6) is 1.12. The fourth-order valence-electron chi connectivity index (χ4n) is 5.26. The molecule has 4 heterocycles. The van der Waals surface area contributed by atoms with Crippen LogP contribution in [0.5, 0.6) is 0 Å². The van der Waals surface area contributed by atoms with E-state index >= 15 is 0 Å². The van der Waals surface area contributed by atoms with E-state index in [1.54, 1.807) is 0 Å². The molecule has 0 bridgehead atoms. The molecule has 2 saturated heterocycles. The number of nitrogens with one attached hydrogen (secondary N) is 1. The number of piperidine rings is 1. The van der Waals surface area contributed by atoms with Gasteiger partial charge in [0.2, 0.25) is 5.91 Å². The zero-order valence-corrected chi connectivity index (χ0v) is 18.1. The summed E-state index contributed by atoms with van der Waals surface area (Å²) in [7, 11) is 0. The summed E-state index contributed by atoms with van der Waals surface area (Å²) in [6.45, 7) is 9.26. The summed E-state index contributed by atoms with van der Waals surface area (Å²) >= 11 is 0. The van der Waals surface area contributed by atoms with Gasteiger partial charge < -0.3 is 15.0 Å². The second-order valence-electron chi connectivity index (χ2n) is 9.17. The van der Waals surface area contributed by atoms with Gasteiger partial charge >= 0.3 is 0 Å². The van der Waals surface area contributed by atoms with E-state index in [0.717, 1.165) is 31.6 Å². The van der Waals surface area contributed by atoms with Crippen LogP contribution in [0.25, 0.3) is 0 Å². The molecule has 0 aromatic carbocycles. The number of likely N-dealkylation sites (tertiary alicyclic amines) is 1. The van der Waals surface area contributed by atoms with Crippen LogP contribution in [0.2, 0.25) is 0 Å². The molecular formula is C21H33F2N5O2. The standard InChI is InChI=1S/C21H33F2N5O2/c1-13-8-19-24-17(9-18(21(22)23)28(19)25-13)16-4-6-27(7-5-16)20(29)12-26-10-14(2)30-15(3)11-26/h8,14-18,21,24H,4-7,9-12H2,1-3H3/t14?,15?,17-,18+/m0/s1. The molecule has 0 aliphatic carbocycles. The van der Waals surface area contributed by atoms with Crippen molar-refractivity contribution < 1.29 is 18.3 Å². The van der Waals surface area contributed by atoms with Gasteiger partial charge in [-0.25, -0.2) is 13.5 Å². The fourth-order valence-corrected chi connectivity index (χ4v) is 5.26. The summed E-state index contributed by atoms with van der Waals surface area (Å²) in [4.78, 5) is 16.9. The molecule has 30 heavy (non-hydrogen) atoms. The number of fused-ring (bicyclic) bond motifs is 1. The molecule has 1 aromatic heterocycles. The van der Waals surface area contributed by atoms with Crippen LogP contribution in [0, 0.1) is 12.8 Å². The van der Waals surface area contributed by atoms with Crippen LogP contribution in [0.15, 0.2) is 6.07 Å². The average molecular weight is 426 g/mol. The molecular weight excluding hydrogens is 392 g/mol. The van der Waals surface area contributed by atoms with Gasteiger partial charge in [-0.15, -0.1) is 0 Å². The molecule has 0 radical (unpaired) electrons. The summed E-state index contributed by atoms with van der Waals surface area (Å²) in [6, 6.07) is 0.945. The fraction of sp³-hybridized carbons (Fsp3) is 0.810. The lowest BCUT2D eigenvalue weighted by atomic mass is 9.85. The number of aryl methyl sites for hydroxylation is 1. The second kappa shape index (κ2) is 8.78. The van der Waals surface area contributed by atoms with Crippen LogP contribution in [-0.4, -0.2) is 82.9 Å². The lowest BCUT2D eigenvalue weighted by molar-refractivity contribution is -0.137. The third kappa shape index (κ3) is 4.61. The van der Waals surface area contributed by atoms with E-state index in [0.29, 0.717) is 31.9 Å². The Labute approximate surface area is 176 Å². The summed E-state index contributed by atoms with van der Waals surface area (Å²) in [6.07, 6.45) is -0.111. The molecule has 168 valence electrons. The summed E-state index contributed by atoms with van der Waals surface area (Å²) < 4.78 is 34.5. The summed E-state index contributed by atoms with van der Waals surface area (Å²) in [5, 5.41) is 7.68. The van der Waals surface area contributed by atoms with Crippen LogP contribution in [0.3, 0.4) is 0 Å². The molecule has 3 aliphatic rings. The van der Waals surface area contributed by atoms with Crippen molar-refractivity contribution in [2.75, 3.05) is 38.0 Å². The largest absolute Gasteiger partial charge is 0.373 e. The molecule has 2 unspecified atom stereocenters. The Morgan fingerprint density at radius 1 is 1.27 bits per heavy atom. The van der Waals surface area contributed by atoms with Crippen LogP contribution in [0.4, 0.5) is 14.6 Å². The van der Waals surface area contributed by atoms with Gasteiger partial charge in [-0.05, 0) is 46.0 Å². The maximum absolute atomic E-state index is 13.6. The van der Waals surface area contributed by atoms with Crippen molar-refractivity contribution in [2.45, 2.75) is 70.8 Å². The minimum atomic E-state index is -2.44. The number of halogens is 2. The molecule has 1 amide bonds. The molecule has 4 atom stereocenters. The Morgan fingerprint density at radius 3 is 2.57 bits per heavy atom. The highest BCUT2D eigenvalue weighted by atomic mass is 19.3. The van der Waals surface area contributed by atoms with Gasteiger partial charge in [0.1, 0.15) is 11.9 Å². The van der Waals surface area contributed by atoms with E-state index in [9.17, 15) is 13.6 Å². The van der Waals surface area contributed by atoms with Crippen molar-refractivity contribution in [1.29, 1.82) is 0 Å². The Balaban J connectivity index is 1.32. The van der Waals surface area contributed by atoms with Crippen molar-refractivity contribution in [2.24, 2.45) is 5.92 Å². The number of carbonyl (C=O) groups excluding carboxylic acids is 1. The Hall–Kier alpha value is -1.74. The predicted octanol–water partition coefficient (Wildman–Crippen LogP) is 2.53. The maximum atomic E-state index is 13.6. The molecule has 2 fully saturated rings. The molecule has 3 aliphatic heterocycles. The smallest absolute Gasteiger partial charge is 0.260 e. The topological polar surface area (TPSA) is 62.6 Å². The van der Waals surface area contributed by atoms with Gasteiger partial charge in [-0.2, -0.15) is 5.10 Å². The molecule has 0 spiro atoms. The first-order valence-corrected chi connectivity index (χ1v) is 11.1. The molecule has 1 N–H and O–H groups in total. The third-order valence-electron chi connectivity index (χ3n) is 6.61. The number of carbonyl (C=O) groups is 1. The Bertz CT molecular complexity index is 740. The average Bonchev–Trinajstić information content (AvgIpc) is 3.06. The van der Waals surface area contributed by atoms with E-state index in [2.05, 4.69) is 15.3 Å². The monoisotopic (exact) mass is 425 g/mol. The molecule has 1 aromatic rings. The van der Waals surface area contributed by atoms with Crippen LogP contribution < -0.4 is 5.32 Å². The number of nitrogens with zero attached hydrogens (tertiary/aromatic N) is 4. The van der Waals surface area contributed by atoms with Crippen molar-refractivity contribution >= 4 is 11.7 Å². The van der Waals surface area contributed by atoms with Gasteiger partial charge in [0.25, 0.3) is 6.43 Å². The van der Waals surface area contributed by atoms with E-state index in [4.69, 9.17) is 4.74 Å². The van der Waals surface area contributed by atoms with Crippen LogP contribution >= 0.6 is 0 Å². The number of morpholine rings is 1. The number of anilines is 1. The lowest BCUT2D eigenvalue weighted by Crippen LogP contribution is -2.51. The van der Waals surface area contributed by atoms with Crippen LogP contribution in [-0.2, 0) is 9.53 Å². The lowest BCUT2D eigenvalue weighted by Gasteiger charge is -2.41.